The molecule has 10 heteroatoms. The predicted molar refractivity (Wildman–Crippen MR) is 192 cm³/mol. The van der Waals surface area contributed by atoms with Crippen molar-refractivity contribution in [3.05, 3.63) is 24.3 Å². The van der Waals surface area contributed by atoms with Gasteiger partial charge >= 0.3 is 19.8 Å². The highest BCUT2D eigenvalue weighted by atomic mass is 31.2. The zero-order valence-electron chi connectivity index (χ0n) is 30.0. The molecule has 0 aliphatic rings. The Hall–Kier alpha value is -1.51. The molecule has 276 valence electrons. The van der Waals surface area contributed by atoms with Crippen LogP contribution in [0, 0.1) is 0 Å². The van der Waals surface area contributed by atoms with Gasteiger partial charge in [0.25, 0.3) is 0 Å². The van der Waals surface area contributed by atoms with Crippen molar-refractivity contribution in [1.29, 1.82) is 0 Å². The predicted octanol–water partition coefficient (Wildman–Crippen LogP) is 10.0. The molecular formula is C37H70NO8P. The minimum Gasteiger partial charge on any atom is -0.462 e. The van der Waals surface area contributed by atoms with Crippen LogP contribution in [0.1, 0.15) is 168 Å². The molecule has 2 atom stereocenters. The van der Waals surface area contributed by atoms with E-state index in [1.54, 1.807) is 0 Å². The van der Waals surface area contributed by atoms with E-state index in [2.05, 4.69) is 38.2 Å². The topological polar surface area (TPSA) is 134 Å². The largest absolute Gasteiger partial charge is 0.472 e. The number of phosphoric ester groups is 1. The van der Waals surface area contributed by atoms with Gasteiger partial charge in [-0.2, -0.15) is 0 Å². The van der Waals surface area contributed by atoms with E-state index >= 15 is 0 Å². The van der Waals surface area contributed by atoms with Crippen LogP contribution >= 0.6 is 7.82 Å². The van der Waals surface area contributed by atoms with Crippen LogP contribution in [0.3, 0.4) is 0 Å². The van der Waals surface area contributed by atoms with E-state index < -0.39 is 26.5 Å². The van der Waals surface area contributed by atoms with Crippen LogP contribution in [0.4, 0.5) is 0 Å². The molecule has 1 unspecified atom stereocenters. The summed E-state index contributed by atoms with van der Waals surface area (Å²) in [5.74, 6) is -0.845. The normalized spacial score (nSPS) is 13.7. The molecule has 0 aromatic heterocycles. The number of unbranched alkanes of at least 4 members (excludes halogenated alkanes) is 18. The lowest BCUT2D eigenvalue weighted by Gasteiger charge is -2.19. The average Bonchev–Trinajstić information content (AvgIpc) is 3.05. The first-order valence-corrected chi connectivity index (χ1v) is 20.3. The fourth-order valence-corrected chi connectivity index (χ4v) is 5.73. The number of carbonyl (C=O) groups excluding carboxylic acids is 2. The van der Waals surface area contributed by atoms with Crippen LogP contribution in [-0.2, 0) is 32.7 Å². The monoisotopic (exact) mass is 687 g/mol. The maximum atomic E-state index is 12.5. The molecule has 0 aromatic rings. The fraction of sp³-hybridized carbons (Fsp3) is 0.838. The number of phosphoric acid groups is 1. The van der Waals surface area contributed by atoms with Crippen molar-refractivity contribution < 1.29 is 37.6 Å². The number of nitrogens with two attached hydrogens (primary N) is 1. The highest BCUT2D eigenvalue weighted by Gasteiger charge is 2.25. The van der Waals surface area contributed by atoms with Crippen molar-refractivity contribution in [1.82, 2.24) is 0 Å². The molecule has 0 amide bonds. The van der Waals surface area contributed by atoms with Gasteiger partial charge in [-0.15, -0.1) is 0 Å². The van der Waals surface area contributed by atoms with Crippen molar-refractivity contribution in [2.24, 2.45) is 5.73 Å². The van der Waals surface area contributed by atoms with Gasteiger partial charge in [0.05, 0.1) is 13.2 Å². The molecule has 0 spiro atoms. The van der Waals surface area contributed by atoms with Crippen LogP contribution < -0.4 is 5.73 Å². The van der Waals surface area contributed by atoms with E-state index in [0.717, 1.165) is 70.6 Å². The molecule has 0 rings (SSSR count). The minimum atomic E-state index is -4.37. The van der Waals surface area contributed by atoms with Crippen LogP contribution in [0.5, 0.6) is 0 Å². The summed E-state index contributed by atoms with van der Waals surface area (Å²) in [7, 11) is -4.37. The number of rotatable bonds is 35. The number of carbonyl (C=O) groups is 2. The van der Waals surface area contributed by atoms with E-state index in [0.29, 0.717) is 6.42 Å². The van der Waals surface area contributed by atoms with Crippen molar-refractivity contribution in [3.63, 3.8) is 0 Å². The van der Waals surface area contributed by atoms with Gasteiger partial charge in [-0.3, -0.25) is 18.6 Å². The molecule has 0 aromatic carbocycles. The summed E-state index contributed by atoms with van der Waals surface area (Å²) in [6.07, 6.45) is 33.5. The van der Waals surface area contributed by atoms with Crippen LogP contribution in [0.15, 0.2) is 24.3 Å². The Labute approximate surface area is 287 Å². The van der Waals surface area contributed by atoms with Gasteiger partial charge in [-0.05, 0) is 57.8 Å². The van der Waals surface area contributed by atoms with Gasteiger partial charge in [0.1, 0.15) is 6.61 Å². The van der Waals surface area contributed by atoms with E-state index in [-0.39, 0.29) is 38.6 Å². The lowest BCUT2D eigenvalue weighted by Crippen LogP contribution is -2.29. The molecule has 0 saturated carbocycles. The van der Waals surface area contributed by atoms with Gasteiger partial charge < -0.3 is 20.1 Å². The molecule has 47 heavy (non-hydrogen) atoms. The first kappa shape index (κ1) is 45.5. The van der Waals surface area contributed by atoms with Gasteiger partial charge in [0.2, 0.25) is 0 Å². The Kier molecular flexibility index (Phi) is 33.3. The Bertz CT molecular complexity index is 835. The first-order chi connectivity index (χ1) is 22.8. The Morgan fingerprint density at radius 1 is 0.617 bits per heavy atom. The SMILES string of the molecule is CCCC/C=C/CCCCCCCC(=O)O[C@H](COC(=O)CCCCCCCCC/C=C/CCCCCC)COP(=O)(O)OCCN. The van der Waals surface area contributed by atoms with E-state index in [9.17, 15) is 19.0 Å². The van der Waals surface area contributed by atoms with Crippen LogP contribution in [0.25, 0.3) is 0 Å². The summed E-state index contributed by atoms with van der Waals surface area (Å²) >= 11 is 0. The van der Waals surface area contributed by atoms with Crippen LogP contribution in [-0.4, -0.2) is 49.3 Å². The van der Waals surface area contributed by atoms with E-state index in [4.69, 9.17) is 24.3 Å². The fourth-order valence-electron chi connectivity index (χ4n) is 4.96. The Morgan fingerprint density at radius 2 is 1.06 bits per heavy atom. The number of ether oxygens (including phenoxy) is 2. The summed E-state index contributed by atoms with van der Waals surface area (Å²) in [5.41, 5.74) is 5.32. The van der Waals surface area contributed by atoms with Gasteiger partial charge in [0, 0.05) is 19.4 Å². The van der Waals surface area contributed by atoms with Crippen LogP contribution in [0.2, 0.25) is 0 Å². The average molecular weight is 688 g/mol. The van der Waals surface area contributed by atoms with Crippen molar-refractivity contribution in [2.75, 3.05) is 26.4 Å². The third kappa shape index (κ3) is 34.2. The Morgan fingerprint density at radius 3 is 1.57 bits per heavy atom. The molecule has 0 bridgehead atoms. The summed E-state index contributed by atoms with van der Waals surface area (Å²) in [5, 5.41) is 0. The molecule has 0 aliphatic carbocycles. The maximum absolute atomic E-state index is 12.5. The van der Waals surface area contributed by atoms with E-state index in [1.807, 2.05) is 0 Å². The molecule has 0 heterocycles. The van der Waals surface area contributed by atoms with Gasteiger partial charge in [-0.25, -0.2) is 4.57 Å². The van der Waals surface area contributed by atoms with Gasteiger partial charge in [-0.1, -0.05) is 122 Å². The third-order valence-corrected chi connectivity index (χ3v) is 8.79. The number of hydrogen-bond acceptors (Lipinski definition) is 8. The molecule has 0 fully saturated rings. The van der Waals surface area contributed by atoms with Gasteiger partial charge in [0.15, 0.2) is 6.10 Å². The second kappa shape index (κ2) is 34.4. The molecule has 3 N–H and O–H groups in total. The summed E-state index contributed by atoms with van der Waals surface area (Å²) in [4.78, 5) is 34.6. The van der Waals surface area contributed by atoms with Crippen molar-refractivity contribution >= 4 is 19.8 Å². The molecule has 9 nitrogen and oxygen atoms in total. The summed E-state index contributed by atoms with van der Waals surface area (Å²) in [6, 6.07) is 0. The zero-order chi connectivity index (χ0) is 34.7. The summed E-state index contributed by atoms with van der Waals surface area (Å²) in [6.45, 7) is 3.65. The molecule has 0 saturated heterocycles. The lowest BCUT2D eigenvalue weighted by atomic mass is 10.1. The van der Waals surface area contributed by atoms with E-state index in [1.165, 1.54) is 64.2 Å². The molecule has 0 aliphatic heterocycles. The smallest absolute Gasteiger partial charge is 0.462 e. The number of esters is 2. The highest BCUT2D eigenvalue weighted by Crippen LogP contribution is 2.43. The Balaban J connectivity index is 4.22. The minimum absolute atomic E-state index is 0.0521. The quantitative estimate of drug-likeness (QED) is 0.0289. The highest BCUT2D eigenvalue weighted by molar-refractivity contribution is 7.47. The van der Waals surface area contributed by atoms with Crippen molar-refractivity contribution in [2.45, 2.75) is 174 Å². The zero-order valence-corrected chi connectivity index (χ0v) is 30.9. The maximum Gasteiger partial charge on any atom is 0.472 e. The standard InChI is InChI=1S/C37H70NO8P/c1-3-5-7-9-11-13-15-16-17-18-20-21-23-25-27-29-36(39)43-33-35(34-45-47(41,42)44-32-31-38)46-37(40)30-28-26-24-22-19-14-12-10-8-6-4-2/h10,12-13,15,35H,3-9,11,14,16-34,38H2,1-2H3,(H,41,42)/b12-10+,15-13+/t35-/m1/s1. The van der Waals surface area contributed by atoms with Crippen molar-refractivity contribution in [3.8, 4) is 0 Å². The second-order valence-electron chi connectivity index (χ2n) is 12.4. The lowest BCUT2D eigenvalue weighted by molar-refractivity contribution is -0.161. The number of hydrogen-bond donors (Lipinski definition) is 2. The second-order valence-corrected chi connectivity index (χ2v) is 13.9. The summed E-state index contributed by atoms with van der Waals surface area (Å²) < 4.78 is 32.6. The molecule has 0 radical (unpaired) electrons. The third-order valence-electron chi connectivity index (χ3n) is 7.81. The molecular weight excluding hydrogens is 617 g/mol. The first-order valence-electron chi connectivity index (χ1n) is 18.8. The number of allylic oxidation sites excluding steroid dienone is 4.